The number of methoxy groups -OCH3 is 4. The lowest BCUT2D eigenvalue weighted by atomic mass is 10.1. The molecule has 7 nitrogen and oxygen atoms in total. The quantitative estimate of drug-likeness (QED) is 0.475. The third kappa shape index (κ3) is 5.79. The fourth-order valence-electron chi connectivity index (χ4n) is 3.22. The number of nitrogens with one attached hydrogen (secondary N) is 1. The third-order valence-electron chi connectivity index (χ3n) is 4.88. The predicted molar refractivity (Wildman–Crippen MR) is 129 cm³/mol. The van der Waals surface area contributed by atoms with Gasteiger partial charge in [0.2, 0.25) is 0 Å². The first-order valence-electron chi connectivity index (χ1n) is 9.95. The zero-order chi connectivity index (χ0) is 22.9. The number of ether oxygens (including phenoxy) is 4. The number of anilines is 1. The monoisotopic (exact) mass is 453 g/mol. The van der Waals surface area contributed by atoms with Crippen molar-refractivity contribution in [3.05, 3.63) is 72.1 Å². The van der Waals surface area contributed by atoms with E-state index in [-0.39, 0.29) is 0 Å². The van der Waals surface area contributed by atoms with Crippen LogP contribution in [0.4, 0.5) is 5.69 Å². The molecule has 0 amide bonds. The number of aromatic nitrogens is 1. The Hall–Kier alpha value is -3.52. The number of rotatable bonds is 9. The highest BCUT2D eigenvalue weighted by Crippen LogP contribution is 2.30. The standard InChI is InChI=1S/C24H27N3O4S/c1-28-19-8-10-22(30-3)18(12-19)16-27(15-17-6-5-11-25-14-17)24(32)26-21-9-7-20(29-2)13-23(21)31-4/h5-14H,15-16H2,1-4H3,(H,26,32). The SMILES string of the molecule is COc1ccc(OC)c(CN(Cc2cccnc2)C(=S)Nc2ccc(OC)cc2OC)c1. The Bertz CT molecular complexity index is 1050. The van der Waals surface area contributed by atoms with E-state index in [0.29, 0.717) is 29.7 Å². The van der Waals surface area contributed by atoms with E-state index in [2.05, 4.69) is 10.3 Å². The summed E-state index contributed by atoms with van der Waals surface area (Å²) >= 11 is 5.80. The lowest BCUT2D eigenvalue weighted by molar-refractivity contribution is 0.372. The Kier molecular flexibility index (Phi) is 8.10. The first-order valence-corrected chi connectivity index (χ1v) is 10.4. The minimum atomic E-state index is 0.500. The topological polar surface area (TPSA) is 65.1 Å². The average molecular weight is 454 g/mol. The molecule has 0 spiro atoms. The molecule has 0 aliphatic carbocycles. The number of benzene rings is 2. The molecule has 0 aliphatic rings. The van der Waals surface area contributed by atoms with E-state index in [1.807, 2.05) is 59.6 Å². The molecule has 3 rings (SSSR count). The second kappa shape index (κ2) is 11.2. The Labute approximate surface area is 193 Å². The molecular formula is C24H27N3O4S. The highest BCUT2D eigenvalue weighted by Gasteiger charge is 2.17. The van der Waals surface area contributed by atoms with Gasteiger partial charge in [-0.05, 0) is 54.2 Å². The second-order valence-electron chi connectivity index (χ2n) is 6.89. The maximum atomic E-state index is 5.80. The van der Waals surface area contributed by atoms with Crippen LogP contribution >= 0.6 is 12.2 Å². The Morgan fingerprint density at radius 3 is 2.25 bits per heavy atom. The van der Waals surface area contributed by atoms with E-state index in [1.54, 1.807) is 34.6 Å². The molecule has 32 heavy (non-hydrogen) atoms. The summed E-state index contributed by atoms with van der Waals surface area (Å²) in [6.45, 7) is 1.05. The minimum absolute atomic E-state index is 0.500. The van der Waals surface area contributed by atoms with Crippen molar-refractivity contribution in [1.82, 2.24) is 9.88 Å². The molecular weight excluding hydrogens is 426 g/mol. The molecule has 0 radical (unpaired) electrons. The molecule has 1 heterocycles. The van der Waals surface area contributed by atoms with Gasteiger partial charge in [-0.2, -0.15) is 0 Å². The van der Waals surface area contributed by atoms with Crippen LogP contribution in [0.3, 0.4) is 0 Å². The highest BCUT2D eigenvalue weighted by molar-refractivity contribution is 7.80. The Balaban J connectivity index is 1.90. The van der Waals surface area contributed by atoms with Crippen LogP contribution in [0.2, 0.25) is 0 Å². The highest BCUT2D eigenvalue weighted by atomic mass is 32.1. The molecule has 168 valence electrons. The molecule has 0 bridgehead atoms. The van der Waals surface area contributed by atoms with Crippen molar-refractivity contribution in [2.24, 2.45) is 0 Å². The van der Waals surface area contributed by atoms with Gasteiger partial charge in [0, 0.05) is 37.1 Å². The Morgan fingerprint density at radius 2 is 1.59 bits per heavy atom. The molecule has 1 N–H and O–H groups in total. The fourth-order valence-corrected chi connectivity index (χ4v) is 3.46. The molecule has 0 saturated carbocycles. The fraction of sp³-hybridized carbons (Fsp3) is 0.250. The normalized spacial score (nSPS) is 10.2. The third-order valence-corrected chi connectivity index (χ3v) is 5.24. The van der Waals surface area contributed by atoms with E-state index < -0.39 is 0 Å². The lowest BCUT2D eigenvalue weighted by Crippen LogP contribution is -2.34. The summed E-state index contributed by atoms with van der Waals surface area (Å²) in [6, 6.07) is 15.2. The van der Waals surface area contributed by atoms with Gasteiger partial charge in [-0.3, -0.25) is 4.98 Å². The largest absolute Gasteiger partial charge is 0.497 e. The van der Waals surface area contributed by atoms with Gasteiger partial charge < -0.3 is 29.2 Å². The van der Waals surface area contributed by atoms with Gasteiger partial charge in [0.25, 0.3) is 0 Å². The summed E-state index contributed by atoms with van der Waals surface area (Å²) in [5.41, 5.74) is 2.72. The van der Waals surface area contributed by atoms with Crippen LogP contribution in [0.25, 0.3) is 0 Å². The van der Waals surface area contributed by atoms with E-state index >= 15 is 0 Å². The van der Waals surface area contributed by atoms with Gasteiger partial charge in [0.05, 0.1) is 34.1 Å². The van der Waals surface area contributed by atoms with Crippen molar-refractivity contribution in [2.45, 2.75) is 13.1 Å². The molecule has 1 aromatic heterocycles. The van der Waals surface area contributed by atoms with Crippen LogP contribution in [-0.2, 0) is 13.1 Å². The average Bonchev–Trinajstić information content (AvgIpc) is 2.84. The molecule has 0 atom stereocenters. The zero-order valence-corrected chi connectivity index (χ0v) is 19.4. The van der Waals surface area contributed by atoms with Crippen molar-refractivity contribution in [1.29, 1.82) is 0 Å². The molecule has 0 saturated heterocycles. The summed E-state index contributed by atoms with van der Waals surface area (Å²) in [5.74, 6) is 2.84. The predicted octanol–water partition coefficient (Wildman–Crippen LogP) is 4.52. The maximum Gasteiger partial charge on any atom is 0.174 e. The van der Waals surface area contributed by atoms with Crippen LogP contribution < -0.4 is 24.3 Å². The van der Waals surface area contributed by atoms with Gasteiger partial charge in [-0.25, -0.2) is 0 Å². The maximum absolute atomic E-state index is 5.80. The van der Waals surface area contributed by atoms with Crippen molar-refractivity contribution < 1.29 is 18.9 Å². The number of thiocarbonyl (C=S) groups is 1. The summed E-state index contributed by atoms with van der Waals surface area (Å²) < 4.78 is 21.8. The van der Waals surface area contributed by atoms with Crippen molar-refractivity contribution in [2.75, 3.05) is 33.8 Å². The molecule has 0 unspecified atom stereocenters. The molecule has 8 heteroatoms. The zero-order valence-electron chi connectivity index (χ0n) is 18.6. The van der Waals surface area contributed by atoms with Crippen LogP contribution in [0.5, 0.6) is 23.0 Å². The van der Waals surface area contributed by atoms with Crippen LogP contribution in [-0.4, -0.2) is 43.4 Å². The number of nitrogens with zero attached hydrogens (tertiary/aromatic N) is 2. The summed E-state index contributed by atoms with van der Waals surface area (Å²) in [7, 11) is 6.51. The van der Waals surface area contributed by atoms with Gasteiger partial charge >= 0.3 is 0 Å². The van der Waals surface area contributed by atoms with Crippen LogP contribution in [0, 0.1) is 0 Å². The molecule has 0 aliphatic heterocycles. The molecule has 2 aromatic carbocycles. The number of pyridine rings is 1. The summed E-state index contributed by atoms with van der Waals surface area (Å²) in [6.07, 6.45) is 3.57. The smallest absolute Gasteiger partial charge is 0.174 e. The van der Waals surface area contributed by atoms with Gasteiger partial charge in [-0.1, -0.05) is 6.07 Å². The summed E-state index contributed by atoms with van der Waals surface area (Å²) in [4.78, 5) is 6.26. The molecule has 3 aromatic rings. The van der Waals surface area contributed by atoms with E-state index in [0.717, 1.165) is 28.3 Å². The minimum Gasteiger partial charge on any atom is -0.497 e. The van der Waals surface area contributed by atoms with E-state index in [4.69, 9.17) is 31.2 Å². The van der Waals surface area contributed by atoms with Crippen molar-refractivity contribution >= 4 is 23.0 Å². The molecule has 0 fully saturated rings. The van der Waals surface area contributed by atoms with E-state index in [9.17, 15) is 0 Å². The Morgan fingerprint density at radius 1 is 0.875 bits per heavy atom. The van der Waals surface area contributed by atoms with Gasteiger partial charge in [-0.15, -0.1) is 0 Å². The van der Waals surface area contributed by atoms with Crippen molar-refractivity contribution in [3.63, 3.8) is 0 Å². The lowest BCUT2D eigenvalue weighted by Gasteiger charge is -2.27. The first kappa shape index (κ1) is 23.1. The number of hydrogen-bond acceptors (Lipinski definition) is 6. The summed E-state index contributed by atoms with van der Waals surface area (Å²) in [5, 5.41) is 3.83. The van der Waals surface area contributed by atoms with Crippen LogP contribution in [0.1, 0.15) is 11.1 Å². The second-order valence-corrected chi connectivity index (χ2v) is 7.28. The van der Waals surface area contributed by atoms with Gasteiger partial charge in [0.1, 0.15) is 23.0 Å². The van der Waals surface area contributed by atoms with E-state index in [1.165, 1.54) is 0 Å². The number of hydrogen-bond donors (Lipinski definition) is 1. The van der Waals surface area contributed by atoms with Crippen molar-refractivity contribution in [3.8, 4) is 23.0 Å². The van der Waals surface area contributed by atoms with Gasteiger partial charge in [0.15, 0.2) is 5.11 Å². The van der Waals surface area contributed by atoms with Crippen LogP contribution in [0.15, 0.2) is 60.9 Å². The first-order chi connectivity index (χ1) is 15.6.